The van der Waals surface area contributed by atoms with E-state index < -0.39 is 7.82 Å². The number of hydrogen-bond acceptors (Lipinski definition) is 16. The summed E-state index contributed by atoms with van der Waals surface area (Å²) in [5, 5.41) is 58.5. The van der Waals surface area contributed by atoms with Gasteiger partial charge in [0.2, 0.25) is 17.2 Å². The molecule has 9 aromatic rings. The first-order chi connectivity index (χ1) is 37.6. The van der Waals surface area contributed by atoms with Crippen molar-refractivity contribution in [1.82, 2.24) is 0 Å². The Bertz CT molecular complexity index is 3620. The van der Waals surface area contributed by atoms with E-state index in [2.05, 4.69) is 36.4 Å². The van der Waals surface area contributed by atoms with E-state index >= 15 is 4.57 Å². The molecule has 77 heavy (non-hydrogen) atoms. The minimum absolute atomic E-state index is 0.0145. The molecule has 0 amide bonds. The number of phosphoric ester groups is 1. The molecule has 0 bridgehead atoms. The van der Waals surface area contributed by atoms with Crippen LogP contribution < -0.4 is 42.0 Å². The second kappa shape index (κ2) is 23.3. The van der Waals surface area contributed by atoms with Crippen LogP contribution in [0, 0.1) is 68.0 Å². The zero-order chi connectivity index (χ0) is 53.6. The van der Waals surface area contributed by atoms with Crippen LogP contribution in [0.3, 0.4) is 0 Å². The number of benzene rings is 9. The summed E-state index contributed by atoms with van der Waals surface area (Å²) in [6.07, 6.45) is 0. The summed E-state index contributed by atoms with van der Waals surface area (Å²) in [6, 6.07) is 63.1. The molecule has 0 saturated carbocycles. The van der Waals surface area contributed by atoms with Gasteiger partial charge in [-0.1, -0.05) is 54.6 Å². The van der Waals surface area contributed by atoms with Crippen molar-refractivity contribution >= 4 is 7.82 Å². The van der Waals surface area contributed by atoms with Crippen LogP contribution in [-0.2, 0) is 4.57 Å². The van der Waals surface area contributed by atoms with Gasteiger partial charge < -0.3 is 42.0 Å². The van der Waals surface area contributed by atoms with Crippen molar-refractivity contribution in [3.63, 3.8) is 0 Å². The van der Waals surface area contributed by atoms with Crippen LogP contribution in [0.2, 0.25) is 0 Å². The van der Waals surface area contributed by atoms with Crippen LogP contribution in [0.5, 0.6) is 86.2 Å². The summed E-state index contributed by atoms with van der Waals surface area (Å²) >= 11 is 0. The summed E-state index contributed by atoms with van der Waals surface area (Å²) in [5.74, 6) is -0.515. The normalized spacial score (nSPS) is 10.3. The lowest BCUT2D eigenvalue weighted by Crippen LogP contribution is -2.10. The molecule has 368 valence electrons. The van der Waals surface area contributed by atoms with Crippen LogP contribution in [-0.4, -0.2) is 0 Å². The molecule has 0 aromatic heterocycles. The van der Waals surface area contributed by atoms with Gasteiger partial charge >= 0.3 is 7.82 Å². The van der Waals surface area contributed by atoms with E-state index in [0.29, 0.717) is 0 Å². The highest BCUT2D eigenvalue weighted by Crippen LogP contribution is 2.59. The van der Waals surface area contributed by atoms with Gasteiger partial charge in [-0.05, 0) is 146 Å². The van der Waals surface area contributed by atoms with Gasteiger partial charge in [0.15, 0.2) is 34.5 Å². The van der Waals surface area contributed by atoms with Crippen LogP contribution >= 0.6 is 7.82 Å². The third-order valence-electron chi connectivity index (χ3n) is 10.6. The smallest absolute Gasteiger partial charge is 0.453 e. The molecule has 0 atom stereocenters. The lowest BCUT2D eigenvalue weighted by molar-refractivity contribution is 0.281. The zero-order valence-corrected chi connectivity index (χ0v) is 40.7. The minimum Gasteiger partial charge on any atom is -0.453 e. The van der Waals surface area contributed by atoms with Crippen molar-refractivity contribution in [1.29, 1.82) is 31.6 Å². The van der Waals surface area contributed by atoms with Gasteiger partial charge in [-0.15, -0.1) is 0 Å². The standard InChI is InChI=1S/C60H33N6O10P/c61-34-40-10-1-16-46(28-40)68-52-22-7-25-55(58(52)71-49-19-4-13-43(31-49)37-64)74-77(67,75-56-26-8-23-53(69-47-17-2-11-41(29-47)35-62)59(56)72-50-20-5-14-44(32-50)38-65)76-57-27-9-24-54(70-48-18-3-12-42(30-48)36-63)60(57)73-51-21-6-15-45(33-51)39-66/h1-33H. The third kappa shape index (κ3) is 12.5. The van der Waals surface area contributed by atoms with E-state index in [1.807, 2.05) is 0 Å². The number of nitrogens with zero attached hydrogens (tertiary/aromatic N) is 6. The fraction of sp³-hybridized carbons (Fsp3) is 0. The third-order valence-corrected chi connectivity index (χ3v) is 11.8. The number of nitriles is 6. The molecule has 0 fully saturated rings. The molecule has 0 aliphatic rings. The van der Waals surface area contributed by atoms with Crippen LogP contribution in [0.25, 0.3) is 0 Å². The molecule has 0 heterocycles. The van der Waals surface area contributed by atoms with Gasteiger partial charge in [0.1, 0.15) is 34.5 Å². The van der Waals surface area contributed by atoms with Gasteiger partial charge in [0.05, 0.1) is 69.8 Å². The molecular formula is C60H33N6O10P. The molecule has 0 spiro atoms. The first-order valence-corrected chi connectivity index (χ1v) is 24.3. The predicted octanol–water partition coefficient (Wildman–Crippen LogP) is 15.3. The first-order valence-electron chi connectivity index (χ1n) is 22.8. The van der Waals surface area contributed by atoms with Crippen molar-refractivity contribution in [3.05, 3.63) is 234 Å². The zero-order valence-electron chi connectivity index (χ0n) is 39.8. The Hall–Kier alpha value is -11.7. The largest absolute Gasteiger partial charge is 0.647 e. The maximum absolute atomic E-state index is 16.3. The molecule has 0 N–H and O–H groups in total. The van der Waals surface area contributed by atoms with Gasteiger partial charge in [-0.2, -0.15) is 36.1 Å². The highest BCUT2D eigenvalue weighted by atomic mass is 31.2. The van der Waals surface area contributed by atoms with Crippen molar-refractivity contribution in [2.75, 3.05) is 0 Å². The Morgan fingerprint density at radius 3 is 0.675 bits per heavy atom. The Kier molecular flexibility index (Phi) is 15.2. The highest BCUT2D eigenvalue weighted by Gasteiger charge is 2.39. The van der Waals surface area contributed by atoms with E-state index in [0.717, 1.165) is 0 Å². The lowest BCUT2D eigenvalue weighted by Gasteiger charge is -2.24. The molecule has 16 nitrogen and oxygen atoms in total. The van der Waals surface area contributed by atoms with E-state index in [4.69, 9.17) is 42.0 Å². The Morgan fingerprint density at radius 2 is 0.455 bits per heavy atom. The highest BCUT2D eigenvalue weighted by molar-refractivity contribution is 7.49. The van der Waals surface area contributed by atoms with Gasteiger partial charge in [-0.3, -0.25) is 0 Å². The fourth-order valence-corrected chi connectivity index (χ4v) is 8.44. The van der Waals surface area contributed by atoms with E-state index in [-0.39, 0.29) is 120 Å². The summed E-state index contributed by atoms with van der Waals surface area (Å²) in [5.41, 5.74) is 1.58. The summed E-state index contributed by atoms with van der Waals surface area (Å²) in [6.45, 7) is 0. The molecule has 0 aliphatic heterocycles. The van der Waals surface area contributed by atoms with E-state index in [1.54, 1.807) is 109 Å². The number of ether oxygens (including phenoxy) is 6. The number of hydrogen-bond donors (Lipinski definition) is 0. The molecule has 0 radical (unpaired) electrons. The lowest BCUT2D eigenvalue weighted by atomic mass is 10.2. The number of para-hydroxylation sites is 3. The molecule has 9 rings (SSSR count). The monoisotopic (exact) mass is 1030 g/mol. The van der Waals surface area contributed by atoms with Crippen LogP contribution in [0.1, 0.15) is 33.4 Å². The van der Waals surface area contributed by atoms with Crippen molar-refractivity contribution < 1.29 is 46.6 Å². The second-order valence-electron chi connectivity index (χ2n) is 15.9. The average molecular weight is 1030 g/mol. The Labute approximate surface area is 440 Å². The number of rotatable bonds is 18. The second-order valence-corrected chi connectivity index (χ2v) is 17.4. The molecule has 0 aliphatic carbocycles. The average Bonchev–Trinajstić information content (AvgIpc) is 3.48. The number of phosphoric acid groups is 1. The minimum atomic E-state index is -5.36. The van der Waals surface area contributed by atoms with Gasteiger partial charge in [-0.25, -0.2) is 0 Å². The summed E-state index contributed by atoms with van der Waals surface area (Å²) in [4.78, 5) is 0. The van der Waals surface area contributed by atoms with Crippen LogP contribution in [0.4, 0.5) is 0 Å². The predicted molar refractivity (Wildman–Crippen MR) is 276 cm³/mol. The van der Waals surface area contributed by atoms with Crippen LogP contribution in [0.15, 0.2) is 200 Å². The first kappa shape index (κ1) is 50.3. The maximum atomic E-state index is 16.3. The SMILES string of the molecule is N#Cc1cccc(Oc2cccc(OP(=O)(Oc3cccc(Oc4cccc(C#N)c4)c3Oc3cccc(C#N)c3)Oc3cccc(Oc4cccc(C#N)c4)c3Oc3cccc(C#N)c3)c2Oc2cccc(C#N)c2)c1. The summed E-state index contributed by atoms with van der Waals surface area (Å²) < 4.78 is 74.0. The van der Waals surface area contributed by atoms with Gasteiger partial charge in [0.25, 0.3) is 0 Å². The molecule has 9 aromatic carbocycles. The summed E-state index contributed by atoms with van der Waals surface area (Å²) in [7, 11) is -5.36. The van der Waals surface area contributed by atoms with E-state index in [9.17, 15) is 31.6 Å². The van der Waals surface area contributed by atoms with Crippen molar-refractivity contribution in [2.24, 2.45) is 0 Å². The molecule has 0 unspecified atom stereocenters. The fourth-order valence-electron chi connectivity index (χ4n) is 7.17. The quantitative estimate of drug-likeness (QED) is 0.0725. The van der Waals surface area contributed by atoms with Gasteiger partial charge in [0, 0.05) is 0 Å². The Balaban J connectivity index is 1.23. The molecule has 0 saturated heterocycles. The maximum Gasteiger partial charge on any atom is 0.647 e. The molecular weight excluding hydrogens is 996 g/mol. The van der Waals surface area contributed by atoms with E-state index in [1.165, 1.54) is 91.0 Å². The Morgan fingerprint density at radius 1 is 0.260 bits per heavy atom. The van der Waals surface area contributed by atoms with Crippen molar-refractivity contribution in [2.45, 2.75) is 0 Å². The van der Waals surface area contributed by atoms with Crippen molar-refractivity contribution in [3.8, 4) is 123 Å². The topological polar surface area (TPSA) is 243 Å². The molecule has 17 heteroatoms.